The van der Waals surface area contributed by atoms with Gasteiger partial charge in [-0.1, -0.05) is 6.92 Å². The molecular weight excluding hydrogens is 260 g/mol. The molecule has 2 aliphatic heterocycles. The van der Waals surface area contributed by atoms with Gasteiger partial charge in [-0.2, -0.15) is 10.5 Å². The van der Waals surface area contributed by atoms with Gasteiger partial charge in [-0.15, -0.1) is 0 Å². The monoisotopic (exact) mass is 280 g/mol. The van der Waals surface area contributed by atoms with Crippen LogP contribution in [0.3, 0.4) is 0 Å². The first-order chi connectivity index (χ1) is 10.3. The Hall–Kier alpha value is -2.04. The summed E-state index contributed by atoms with van der Waals surface area (Å²) in [7, 11) is 0. The van der Waals surface area contributed by atoms with Crippen LogP contribution < -0.4 is 10.2 Å². The van der Waals surface area contributed by atoms with Crippen molar-refractivity contribution in [3.8, 4) is 12.1 Å². The van der Waals surface area contributed by atoms with Gasteiger partial charge in [-0.3, -0.25) is 0 Å². The third-order valence-corrected chi connectivity index (χ3v) is 4.77. The maximum atomic E-state index is 9.20. The van der Waals surface area contributed by atoms with E-state index >= 15 is 0 Å². The maximum absolute atomic E-state index is 9.20. The summed E-state index contributed by atoms with van der Waals surface area (Å²) >= 11 is 0. The zero-order valence-corrected chi connectivity index (χ0v) is 12.3. The van der Waals surface area contributed by atoms with E-state index in [0.29, 0.717) is 29.3 Å². The Morgan fingerprint density at radius 1 is 1.14 bits per heavy atom. The molecule has 0 saturated carbocycles. The van der Waals surface area contributed by atoms with Gasteiger partial charge in [0.05, 0.1) is 11.1 Å². The van der Waals surface area contributed by atoms with Crippen LogP contribution in [0.2, 0.25) is 0 Å². The molecule has 2 heterocycles. The minimum Gasteiger partial charge on any atom is -0.365 e. The molecule has 3 rings (SSSR count). The highest BCUT2D eigenvalue weighted by molar-refractivity contribution is 5.59. The molecule has 2 bridgehead atoms. The molecule has 2 unspecified atom stereocenters. The van der Waals surface area contributed by atoms with Gasteiger partial charge < -0.3 is 10.2 Å². The fourth-order valence-corrected chi connectivity index (χ4v) is 3.94. The molecule has 2 aliphatic rings. The van der Waals surface area contributed by atoms with Crippen molar-refractivity contribution in [1.82, 2.24) is 5.32 Å². The largest absolute Gasteiger partial charge is 0.365 e. The first-order valence-electron chi connectivity index (χ1n) is 7.72. The van der Waals surface area contributed by atoms with E-state index < -0.39 is 0 Å². The number of hydrogen-bond acceptors (Lipinski definition) is 4. The number of nitrogens with zero attached hydrogens (tertiary/aromatic N) is 3. The van der Waals surface area contributed by atoms with Crippen LogP contribution in [0.15, 0.2) is 18.2 Å². The van der Waals surface area contributed by atoms with Crippen molar-refractivity contribution in [1.29, 1.82) is 10.5 Å². The van der Waals surface area contributed by atoms with Crippen molar-refractivity contribution in [3.05, 3.63) is 29.3 Å². The second-order valence-corrected chi connectivity index (χ2v) is 5.97. The number of rotatable bonds is 3. The van der Waals surface area contributed by atoms with Gasteiger partial charge in [-0.05, 0) is 50.4 Å². The number of anilines is 1. The summed E-state index contributed by atoms with van der Waals surface area (Å²) in [5.41, 5.74) is 2.06. The summed E-state index contributed by atoms with van der Waals surface area (Å²) < 4.78 is 0. The van der Waals surface area contributed by atoms with Crippen LogP contribution in [-0.2, 0) is 0 Å². The smallest absolute Gasteiger partial charge is 0.101 e. The van der Waals surface area contributed by atoms with Crippen molar-refractivity contribution in [3.63, 3.8) is 0 Å². The molecule has 0 aliphatic carbocycles. The molecule has 108 valence electrons. The molecule has 0 amide bonds. The summed E-state index contributed by atoms with van der Waals surface area (Å²) in [6.45, 7) is 3.19. The molecule has 4 heteroatoms. The van der Waals surface area contributed by atoms with Crippen molar-refractivity contribution in [2.24, 2.45) is 0 Å². The van der Waals surface area contributed by atoms with E-state index in [1.54, 1.807) is 6.07 Å². The molecular formula is C17H20N4. The normalized spacial score (nSPS) is 27.2. The summed E-state index contributed by atoms with van der Waals surface area (Å²) in [4.78, 5) is 2.48. The number of hydrogen-bond donors (Lipinski definition) is 1. The van der Waals surface area contributed by atoms with Gasteiger partial charge in [0.2, 0.25) is 0 Å². The van der Waals surface area contributed by atoms with E-state index in [-0.39, 0.29) is 0 Å². The summed E-state index contributed by atoms with van der Waals surface area (Å²) in [6, 6.07) is 11.6. The molecule has 0 aromatic heterocycles. The Bertz CT molecular complexity index is 596. The molecule has 21 heavy (non-hydrogen) atoms. The van der Waals surface area contributed by atoms with E-state index in [0.717, 1.165) is 12.2 Å². The minimum atomic E-state index is 0.469. The molecule has 2 atom stereocenters. The van der Waals surface area contributed by atoms with Crippen molar-refractivity contribution < 1.29 is 0 Å². The number of nitriles is 2. The van der Waals surface area contributed by atoms with E-state index in [9.17, 15) is 5.26 Å². The Labute approximate surface area is 126 Å². The summed E-state index contributed by atoms with van der Waals surface area (Å²) in [5.74, 6) is 0. The van der Waals surface area contributed by atoms with Crippen molar-refractivity contribution in [2.75, 3.05) is 11.4 Å². The third kappa shape index (κ3) is 2.48. The van der Waals surface area contributed by atoms with E-state index in [2.05, 4.69) is 29.3 Å². The van der Waals surface area contributed by atoms with Crippen molar-refractivity contribution >= 4 is 5.69 Å². The minimum absolute atomic E-state index is 0.469. The average Bonchev–Trinajstić information content (AvgIpc) is 2.78. The lowest BCUT2D eigenvalue weighted by atomic mass is 9.96. The molecule has 1 N–H and O–H groups in total. The summed E-state index contributed by atoms with van der Waals surface area (Å²) in [5, 5.41) is 21.8. The standard InChI is InChI=1S/C17H20N4/c1-2-20-14-8-16-5-6-17(9-14)21(16)15-4-3-12(10-18)13(7-15)11-19/h3-4,7,14,16-17,20H,2,5-6,8-9H2,1H3. The Balaban J connectivity index is 1.86. The highest BCUT2D eigenvalue weighted by Crippen LogP contribution is 2.39. The second-order valence-electron chi connectivity index (χ2n) is 5.97. The molecule has 2 fully saturated rings. The van der Waals surface area contributed by atoms with Gasteiger partial charge in [0.25, 0.3) is 0 Å². The fourth-order valence-electron chi connectivity index (χ4n) is 3.94. The van der Waals surface area contributed by atoms with Gasteiger partial charge in [0.15, 0.2) is 0 Å². The van der Waals surface area contributed by atoms with E-state index in [1.165, 1.54) is 25.7 Å². The number of piperidine rings is 1. The van der Waals surface area contributed by atoms with Crippen LogP contribution in [-0.4, -0.2) is 24.7 Å². The molecule has 1 aromatic rings. The Morgan fingerprint density at radius 3 is 2.38 bits per heavy atom. The lowest BCUT2D eigenvalue weighted by Gasteiger charge is -2.41. The Kier molecular flexibility index (Phi) is 3.82. The first-order valence-corrected chi connectivity index (χ1v) is 7.72. The van der Waals surface area contributed by atoms with Gasteiger partial charge in [0, 0.05) is 23.8 Å². The summed E-state index contributed by atoms with van der Waals surface area (Å²) in [6.07, 6.45) is 4.81. The van der Waals surface area contributed by atoms with Crippen LogP contribution >= 0.6 is 0 Å². The van der Waals surface area contributed by atoms with Crippen LogP contribution in [0, 0.1) is 22.7 Å². The average molecular weight is 280 g/mol. The molecule has 2 saturated heterocycles. The number of fused-ring (bicyclic) bond motifs is 2. The van der Waals surface area contributed by atoms with E-state index in [1.807, 2.05) is 12.1 Å². The van der Waals surface area contributed by atoms with Crippen LogP contribution in [0.25, 0.3) is 0 Å². The number of nitrogens with one attached hydrogen (secondary N) is 1. The molecule has 4 nitrogen and oxygen atoms in total. The number of benzene rings is 1. The second kappa shape index (κ2) is 5.76. The quantitative estimate of drug-likeness (QED) is 0.924. The zero-order chi connectivity index (χ0) is 14.8. The highest BCUT2D eigenvalue weighted by atomic mass is 15.2. The fraction of sp³-hybridized carbons (Fsp3) is 0.529. The van der Waals surface area contributed by atoms with Crippen molar-refractivity contribution in [2.45, 2.75) is 50.7 Å². The Morgan fingerprint density at radius 2 is 1.81 bits per heavy atom. The van der Waals surface area contributed by atoms with E-state index in [4.69, 9.17) is 5.26 Å². The molecule has 1 aromatic carbocycles. The van der Waals surface area contributed by atoms with Crippen LogP contribution in [0.5, 0.6) is 0 Å². The predicted molar refractivity (Wildman–Crippen MR) is 81.9 cm³/mol. The lowest BCUT2D eigenvalue weighted by molar-refractivity contribution is 0.361. The lowest BCUT2D eigenvalue weighted by Crippen LogP contribution is -2.49. The van der Waals surface area contributed by atoms with Gasteiger partial charge in [0.1, 0.15) is 12.1 Å². The zero-order valence-electron chi connectivity index (χ0n) is 12.3. The van der Waals surface area contributed by atoms with Gasteiger partial charge in [-0.25, -0.2) is 0 Å². The van der Waals surface area contributed by atoms with Gasteiger partial charge >= 0.3 is 0 Å². The SMILES string of the molecule is CCNC1CC2CCC(C1)N2c1ccc(C#N)c(C#N)c1. The first kappa shape index (κ1) is 13.9. The van der Waals surface area contributed by atoms with Crippen LogP contribution in [0.1, 0.15) is 43.7 Å². The molecule has 0 radical (unpaired) electrons. The molecule has 0 spiro atoms. The topological polar surface area (TPSA) is 62.9 Å². The third-order valence-electron chi connectivity index (χ3n) is 4.77. The van der Waals surface area contributed by atoms with Crippen LogP contribution in [0.4, 0.5) is 5.69 Å². The highest BCUT2D eigenvalue weighted by Gasteiger charge is 2.40. The maximum Gasteiger partial charge on any atom is 0.101 e. The predicted octanol–water partition coefficient (Wildman–Crippen LogP) is 2.54.